The third-order valence-corrected chi connectivity index (χ3v) is 6.43. The Morgan fingerprint density at radius 3 is 1.71 bits per heavy atom. The van der Waals surface area contributed by atoms with Crippen molar-refractivity contribution in [3.05, 3.63) is 33.1 Å². The highest BCUT2D eigenvalue weighted by Gasteiger charge is 2.31. The molecule has 0 aliphatic rings. The molecule has 1 aromatic heterocycles. The standard InChI is InChI=1S/C20H33N2O13P.C5H11NO2.C2H6.CH3F/c1-13(2)34-19(25)29-11-32-36(27,33-12-30-20(26)35-14(3)4)31-10-16(28-6)9-15(5)22-8-7-17(23)21-18(22)24;1-3(2)4(6)5(7)8;2*1-2/h7-8,13-16H,9-12H2,1-6H3,(H,21,23,24);3-4H,6H2,1-2H3,(H,7,8);1-2H3;1H3. The van der Waals surface area contributed by atoms with Gasteiger partial charge in [-0.05, 0) is 47.0 Å². The van der Waals surface area contributed by atoms with Gasteiger partial charge in [0.2, 0.25) is 13.6 Å². The summed E-state index contributed by atoms with van der Waals surface area (Å²) in [4.78, 5) is 58.4. The summed E-state index contributed by atoms with van der Waals surface area (Å²) in [5.41, 5.74) is 4.01. The molecule has 20 heteroatoms. The van der Waals surface area contributed by atoms with Gasteiger partial charge in [0.1, 0.15) is 6.04 Å². The highest BCUT2D eigenvalue weighted by molar-refractivity contribution is 7.48. The van der Waals surface area contributed by atoms with Crippen LogP contribution in [0.2, 0.25) is 0 Å². The van der Waals surface area contributed by atoms with Crippen LogP contribution in [0.15, 0.2) is 21.9 Å². The number of hydrogen-bond acceptors (Lipinski definition) is 15. The van der Waals surface area contributed by atoms with E-state index in [0.717, 1.165) is 0 Å². The predicted molar refractivity (Wildman–Crippen MR) is 171 cm³/mol. The molecule has 0 bridgehead atoms. The van der Waals surface area contributed by atoms with Crippen molar-refractivity contribution >= 4 is 26.1 Å². The van der Waals surface area contributed by atoms with Crippen molar-refractivity contribution in [2.75, 3.05) is 34.5 Å². The average molecular weight is 722 g/mol. The number of halogens is 1. The van der Waals surface area contributed by atoms with Crippen LogP contribution in [-0.4, -0.2) is 91.8 Å². The van der Waals surface area contributed by atoms with Crippen LogP contribution >= 0.6 is 7.82 Å². The molecular formula is C28H53FN3O15P. The van der Waals surface area contributed by atoms with Gasteiger partial charge in [0.25, 0.3) is 5.56 Å². The van der Waals surface area contributed by atoms with Gasteiger partial charge in [0, 0.05) is 25.4 Å². The first-order chi connectivity index (χ1) is 22.4. The fraction of sp³-hybridized carbons (Fsp3) is 0.750. The molecule has 1 aromatic rings. The van der Waals surface area contributed by atoms with E-state index >= 15 is 0 Å². The molecule has 18 nitrogen and oxygen atoms in total. The summed E-state index contributed by atoms with van der Waals surface area (Å²) in [6.07, 6.45) is -2.29. The van der Waals surface area contributed by atoms with Crippen molar-refractivity contribution in [1.82, 2.24) is 9.55 Å². The minimum absolute atomic E-state index is 0.0208. The Kier molecular flexibility index (Phi) is 28.2. The maximum atomic E-state index is 13.0. The van der Waals surface area contributed by atoms with E-state index in [0.29, 0.717) is 7.18 Å². The van der Waals surface area contributed by atoms with Crippen molar-refractivity contribution < 1.29 is 65.7 Å². The van der Waals surface area contributed by atoms with E-state index in [-0.39, 0.29) is 18.9 Å². The number of aromatic amines is 1. The third kappa shape index (κ3) is 23.9. The topological polar surface area (TPSA) is 243 Å². The van der Waals surface area contributed by atoms with Crippen molar-refractivity contribution in [2.24, 2.45) is 11.7 Å². The van der Waals surface area contributed by atoms with Crippen molar-refractivity contribution in [3.63, 3.8) is 0 Å². The second-order valence-electron chi connectivity index (χ2n) is 9.93. The number of alkyl halides is 1. The maximum absolute atomic E-state index is 13.0. The number of aromatic nitrogens is 2. The molecule has 0 aromatic carbocycles. The van der Waals surface area contributed by atoms with Crippen molar-refractivity contribution in [2.45, 2.75) is 99.1 Å². The molecule has 4 N–H and O–H groups in total. The van der Waals surface area contributed by atoms with E-state index in [2.05, 4.69) is 14.5 Å². The van der Waals surface area contributed by atoms with E-state index in [9.17, 15) is 32.9 Å². The number of carbonyl (C=O) groups excluding carboxylic acids is 2. The minimum atomic E-state index is -4.46. The van der Waals surface area contributed by atoms with Crippen molar-refractivity contribution in [3.8, 4) is 0 Å². The smallest absolute Gasteiger partial charge is 0.480 e. The van der Waals surface area contributed by atoms with Crippen LogP contribution in [-0.2, 0) is 46.6 Å². The number of nitrogens with two attached hydrogens (primary N) is 1. The van der Waals surface area contributed by atoms with Gasteiger partial charge in [-0.25, -0.2) is 28.0 Å². The number of hydrogen-bond donors (Lipinski definition) is 3. The number of ether oxygens (including phenoxy) is 5. The number of aliphatic carboxylic acids is 1. The molecule has 1 heterocycles. The molecule has 0 fully saturated rings. The number of carboxylic acid groups (broad SMARTS) is 1. The molecule has 0 radical (unpaired) electrons. The number of carboxylic acids is 1. The quantitative estimate of drug-likeness (QED) is 0.115. The highest BCUT2D eigenvalue weighted by Crippen LogP contribution is 2.49. The number of rotatable bonds is 17. The Bertz CT molecular complexity index is 1160. The second kappa shape index (κ2) is 27.6. The van der Waals surface area contributed by atoms with Crippen LogP contribution in [0.4, 0.5) is 14.0 Å². The molecule has 1 rings (SSSR count). The highest BCUT2D eigenvalue weighted by atomic mass is 31.2. The van der Waals surface area contributed by atoms with Crippen LogP contribution < -0.4 is 17.0 Å². The Balaban J connectivity index is -0.00000145. The second-order valence-corrected chi connectivity index (χ2v) is 11.6. The van der Waals surface area contributed by atoms with Gasteiger partial charge < -0.3 is 34.5 Å². The fourth-order valence-corrected chi connectivity index (χ4v) is 3.74. The third-order valence-electron chi connectivity index (χ3n) is 5.12. The summed E-state index contributed by atoms with van der Waals surface area (Å²) in [5.74, 6) is -0.910. The number of methoxy groups -OCH3 is 1. The van der Waals surface area contributed by atoms with E-state index in [1.807, 2.05) is 13.8 Å². The van der Waals surface area contributed by atoms with Crippen LogP contribution in [0, 0.1) is 5.92 Å². The summed E-state index contributed by atoms with van der Waals surface area (Å²) >= 11 is 0. The molecule has 3 atom stereocenters. The zero-order valence-corrected chi connectivity index (χ0v) is 30.4. The van der Waals surface area contributed by atoms with Gasteiger partial charge >= 0.3 is 31.8 Å². The Hall–Kier alpha value is -3.35. The lowest BCUT2D eigenvalue weighted by molar-refractivity contribution is -0.139. The Morgan fingerprint density at radius 1 is 0.917 bits per heavy atom. The fourth-order valence-electron chi connectivity index (χ4n) is 2.80. The zero-order valence-electron chi connectivity index (χ0n) is 29.5. The first-order valence-corrected chi connectivity index (χ1v) is 16.3. The number of phosphoric ester groups is 1. The lowest BCUT2D eigenvalue weighted by Gasteiger charge is -2.23. The van der Waals surface area contributed by atoms with Crippen LogP contribution in [0.1, 0.15) is 74.8 Å². The monoisotopic (exact) mass is 721 g/mol. The molecular weight excluding hydrogens is 668 g/mol. The summed E-state index contributed by atoms with van der Waals surface area (Å²) in [7, 11) is -2.60. The largest absolute Gasteiger partial charge is 0.510 e. The van der Waals surface area contributed by atoms with Gasteiger partial charge in [0.05, 0.1) is 32.1 Å². The van der Waals surface area contributed by atoms with Gasteiger partial charge in [-0.15, -0.1) is 0 Å². The summed E-state index contributed by atoms with van der Waals surface area (Å²) in [6.45, 7) is 13.6. The van der Waals surface area contributed by atoms with Crippen LogP contribution in [0.3, 0.4) is 0 Å². The predicted octanol–water partition coefficient (Wildman–Crippen LogP) is 4.37. The van der Waals surface area contributed by atoms with Gasteiger partial charge in [-0.3, -0.25) is 28.1 Å². The lowest BCUT2D eigenvalue weighted by Crippen LogP contribution is -2.34. The Labute approximate surface area is 279 Å². The van der Waals surface area contributed by atoms with Gasteiger partial charge in [-0.1, -0.05) is 27.7 Å². The number of H-pyrrole nitrogens is 1. The van der Waals surface area contributed by atoms with E-state index in [4.69, 9.17) is 38.6 Å². The van der Waals surface area contributed by atoms with E-state index in [1.165, 1.54) is 23.9 Å². The first kappa shape index (κ1) is 49.0. The molecule has 0 aliphatic heterocycles. The summed E-state index contributed by atoms with van der Waals surface area (Å²) in [6, 6.07) is 0.0307. The molecule has 282 valence electrons. The summed E-state index contributed by atoms with van der Waals surface area (Å²) < 4.78 is 63.2. The van der Waals surface area contributed by atoms with Gasteiger partial charge in [-0.2, -0.15) is 0 Å². The number of carbonyl (C=O) groups is 3. The maximum Gasteiger partial charge on any atom is 0.510 e. The molecule has 0 spiro atoms. The lowest BCUT2D eigenvalue weighted by atomic mass is 10.1. The number of nitrogens with one attached hydrogen (secondary N) is 1. The molecule has 3 unspecified atom stereocenters. The van der Waals surface area contributed by atoms with Crippen LogP contribution in [0.5, 0.6) is 0 Å². The van der Waals surface area contributed by atoms with E-state index in [1.54, 1.807) is 48.5 Å². The van der Waals surface area contributed by atoms with E-state index < -0.39 is 81.3 Å². The normalized spacial score (nSPS) is 12.6. The molecule has 0 aliphatic carbocycles. The minimum Gasteiger partial charge on any atom is -0.480 e. The molecule has 0 amide bonds. The molecule has 0 saturated carbocycles. The Morgan fingerprint density at radius 2 is 1.38 bits per heavy atom. The van der Waals surface area contributed by atoms with Crippen LogP contribution in [0.25, 0.3) is 0 Å². The molecule has 0 saturated heterocycles. The SMILES string of the molecule is CC.CC(C)C(N)C(=O)O.CF.COC(COP(=O)(OCOC(=O)OC(C)C)OCOC(=O)OC(C)C)CC(C)n1ccc(=O)[nH]c1=O. The number of nitrogens with zero attached hydrogens (tertiary/aromatic N) is 1. The number of phosphoric acid groups is 1. The molecule has 48 heavy (non-hydrogen) atoms. The van der Waals surface area contributed by atoms with Gasteiger partial charge in [0.15, 0.2) is 0 Å². The first-order valence-electron chi connectivity index (χ1n) is 14.8. The zero-order chi connectivity index (χ0) is 38.0. The average Bonchev–Trinajstić information content (AvgIpc) is 3.00. The summed E-state index contributed by atoms with van der Waals surface area (Å²) in [5, 5.41) is 8.23. The van der Waals surface area contributed by atoms with Crippen molar-refractivity contribution in [1.29, 1.82) is 0 Å².